The van der Waals surface area contributed by atoms with Crippen LogP contribution >= 0.6 is 11.8 Å². The van der Waals surface area contributed by atoms with Crippen LogP contribution in [-0.2, 0) is 21.8 Å². The van der Waals surface area contributed by atoms with E-state index in [0.29, 0.717) is 19.4 Å². The van der Waals surface area contributed by atoms with Gasteiger partial charge in [-0.3, -0.25) is 14.6 Å². The van der Waals surface area contributed by atoms with Gasteiger partial charge in [-0.05, 0) is 54.3 Å². The fraction of sp³-hybridized carbons (Fsp3) is 0.240. The van der Waals surface area contributed by atoms with Crippen molar-refractivity contribution < 1.29 is 9.59 Å². The minimum absolute atomic E-state index is 0.00556. The largest absolute Gasteiger partial charge is 0.330 e. The van der Waals surface area contributed by atoms with Gasteiger partial charge in [0.1, 0.15) is 6.04 Å². The van der Waals surface area contributed by atoms with E-state index in [0.717, 1.165) is 28.3 Å². The second-order valence-electron chi connectivity index (χ2n) is 7.57. The predicted octanol–water partition coefficient (Wildman–Crippen LogP) is 4.55. The Morgan fingerprint density at radius 1 is 1.00 bits per heavy atom. The monoisotopic (exact) mass is 431 g/mol. The zero-order valence-corrected chi connectivity index (χ0v) is 18.1. The average Bonchev–Trinajstić information content (AvgIpc) is 3.30. The summed E-state index contributed by atoms with van der Waals surface area (Å²) in [6.07, 6.45) is 5.52. The van der Waals surface area contributed by atoms with Gasteiger partial charge in [-0.25, -0.2) is 0 Å². The molecule has 1 aromatic heterocycles. The summed E-state index contributed by atoms with van der Waals surface area (Å²) in [6.45, 7) is 0.633. The van der Waals surface area contributed by atoms with Crippen LogP contribution in [0.5, 0.6) is 0 Å². The molecule has 6 heteroatoms. The van der Waals surface area contributed by atoms with Crippen molar-refractivity contribution in [1.82, 2.24) is 9.88 Å². The molecule has 0 bridgehead atoms. The van der Waals surface area contributed by atoms with E-state index in [9.17, 15) is 9.59 Å². The van der Waals surface area contributed by atoms with Crippen LogP contribution in [0, 0.1) is 0 Å². The Kier molecular flexibility index (Phi) is 6.99. The Morgan fingerprint density at radius 3 is 2.52 bits per heavy atom. The molecule has 1 fully saturated rings. The number of anilines is 1. The predicted molar refractivity (Wildman–Crippen MR) is 124 cm³/mol. The minimum Gasteiger partial charge on any atom is -0.330 e. The minimum atomic E-state index is -0.407. The van der Waals surface area contributed by atoms with Gasteiger partial charge in [0.15, 0.2) is 0 Å². The average molecular weight is 432 g/mol. The lowest BCUT2D eigenvalue weighted by Gasteiger charge is -2.24. The highest BCUT2D eigenvalue weighted by atomic mass is 32.2. The van der Waals surface area contributed by atoms with Crippen LogP contribution in [0.1, 0.15) is 24.0 Å². The van der Waals surface area contributed by atoms with Crippen LogP contribution < -0.4 is 5.32 Å². The molecule has 158 valence electrons. The molecule has 4 rings (SSSR count). The number of pyridine rings is 1. The molecule has 2 amide bonds. The first-order valence-electron chi connectivity index (χ1n) is 10.4. The van der Waals surface area contributed by atoms with E-state index in [1.807, 2.05) is 66.9 Å². The molecule has 1 N–H and O–H groups in total. The molecule has 0 aliphatic carbocycles. The number of nitrogens with zero attached hydrogens (tertiary/aromatic N) is 2. The van der Waals surface area contributed by atoms with E-state index in [4.69, 9.17) is 0 Å². The van der Waals surface area contributed by atoms with E-state index in [1.165, 1.54) is 5.56 Å². The third-order valence-corrected chi connectivity index (χ3v) is 6.41. The lowest BCUT2D eigenvalue weighted by atomic mass is 10.1. The first kappa shape index (κ1) is 21.1. The van der Waals surface area contributed by atoms with Crippen molar-refractivity contribution in [2.45, 2.75) is 36.0 Å². The molecule has 5 nitrogen and oxygen atoms in total. The van der Waals surface area contributed by atoms with Gasteiger partial charge in [-0.2, -0.15) is 0 Å². The molecule has 1 unspecified atom stereocenters. The molecule has 31 heavy (non-hydrogen) atoms. The van der Waals surface area contributed by atoms with E-state index < -0.39 is 6.04 Å². The smallest absolute Gasteiger partial charge is 0.247 e. The molecule has 1 aliphatic rings. The van der Waals surface area contributed by atoms with Crippen LogP contribution in [0.2, 0.25) is 0 Å². The quantitative estimate of drug-likeness (QED) is 0.558. The third kappa shape index (κ3) is 5.73. The first-order chi connectivity index (χ1) is 15.2. The second-order valence-corrected chi connectivity index (χ2v) is 8.62. The second kappa shape index (κ2) is 10.3. The highest BCUT2D eigenvalue weighted by Crippen LogP contribution is 2.25. The van der Waals surface area contributed by atoms with E-state index >= 15 is 0 Å². The zero-order valence-electron chi connectivity index (χ0n) is 17.2. The Morgan fingerprint density at radius 2 is 1.77 bits per heavy atom. The number of amides is 2. The number of hydrogen-bond donors (Lipinski definition) is 1. The van der Waals surface area contributed by atoms with Gasteiger partial charge in [0.2, 0.25) is 11.8 Å². The molecule has 1 atom stereocenters. The molecular weight excluding hydrogens is 406 g/mol. The number of nitrogens with one attached hydrogen (secondary N) is 1. The van der Waals surface area contributed by atoms with Crippen molar-refractivity contribution in [2.75, 3.05) is 11.9 Å². The van der Waals surface area contributed by atoms with Crippen LogP contribution in [0.3, 0.4) is 0 Å². The van der Waals surface area contributed by atoms with E-state index in [1.54, 1.807) is 22.9 Å². The fourth-order valence-corrected chi connectivity index (χ4v) is 4.55. The van der Waals surface area contributed by atoms with Crippen LogP contribution in [0.25, 0.3) is 0 Å². The molecule has 1 aliphatic heterocycles. The maximum Gasteiger partial charge on any atom is 0.247 e. The van der Waals surface area contributed by atoms with Gasteiger partial charge in [-0.15, -0.1) is 11.8 Å². The van der Waals surface area contributed by atoms with Gasteiger partial charge in [0.25, 0.3) is 0 Å². The molecule has 1 saturated heterocycles. The number of benzene rings is 2. The number of carbonyl (C=O) groups excluding carboxylic acids is 2. The van der Waals surface area contributed by atoms with Crippen molar-refractivity contribution in [3.05, 3.63) is 90.3 Å². The highest BCUT2D eigenvalue weighted by Gasteiger charge is 2.33. The number of hydrogen-bond acceptors (Lipinski definition) is 4. The highest BCUT2D eigenvalue weighted by molar-refractivity contribution is 7.98. The lowest BCUT2D eigenvalue weighted by Crippen LogP contribution is -2.43. The molecule has 0 saturated carbocycles. The summed E-state index contributed by atoms with van der Waals surface area (Å²) in [5.41, 5.74) is 2.89. The molecule has 3 aromatic rings. The van der Waals surface area contributed by atoms with Crippen molar-refractivity contribution >= 4 is 29.3 Å². The standard InChI is InChI=1S/C25H25N3O2S/c29-24(16-19-6-2-1-3-7-19)28-15-5-9-23(28)25(30)27-21-10-12-22(13-11-21)31-18-20-8-4-14-26-17-20/h1-4,6-8,10-14,17,23H,5,9,15-16,18H2,(H,27,30). The maximum atomic E-state index is 12.9. The van der Waals surface area contributed by atoms with Gasteiger partial charge in [0.05, 0.1) is 6.42 Å². The summed E-state index contributed by atoms with van der Waals surface area (Å²) < 4.78 is 0. The van der Waals surface area contributed by atoms with Crippen LogP contribution in [0.15, 0.2) is 84.0 Å². The van der Waals surface area contributed by atoms with Crippen molar-refractivity contribution in [2.24, 2.45) is 0 Å². The molecule has 0 spiro atoms. The number of rotatable bonds is 7. The topological polar surface area (TPSA) is 62.3 Å². The molecule has 2 heterocycles. The summed E-state index contributed by atoms with van der Waals surface area (Å²) >= 11 is 1.73. The SMILES string of the molecule is O=C(Nc1ccc(SCc2cccnc2)cc1)C1CCCN1C(=O)Cc1ccccc1. The Labute approximate surface area is 186 Å². The Bertz CT molecular complexity index is 1010. The van der Waals surface area contributed by atoms with Gasteiger partial charge >= 0.3 is 0 Å². The van der Waals surface area contributed by atoms with E-state index in [2.05, 4.69) is 16.4 Å². The van der Waals surface area contributed by atoms with Crippen LogP contribution in [-0.4, -0.2) is 34.3 Å². The summed E-state index contributed by atoms with van der Waals surface area (Å²) in [7, 11) is 0. The third-order valence-electron chi connectivity index (χ3n) is 5.32. The number of aromatic nitrogens is 1. The molecule has 0 radical (unpaired) electrons. The van der Waals surface area contributed by atoms with Crippen LogP contribution in [0.4, 0.5) is 5.69 Å². The molecular formula is C25H25N3O2S. The van der Waals surface area contributed by atoms with Crippen molar-refractivity contribution in [1.29, 1.82) is 0 Å². The summed E-state index contributed by atoms with van der Waals surface area (Å²) in [4.78, 5) is 32.6. The van der Waals surface area contributed by atoms with Gasteiger partial charge < -0.3 is 10.2 Å². The van der Waals surface area contributed by atoms with Crippen molar-refractivity contribution in [3.63, 3.8) is 0 Å². The number of thioether (sulfide) groups is 1. The lowest BCUT2D eigenvalue weighted by molar-refractivity contribution is -0.136. The van der Waals surface area contributed by atoms with Crippen molar-refractivity contribution in [3.8, 4) is 0 Å². The Balaban J connectivity index is 1.32. The number of likely N-dealkylation sites (tertiary alicyclic amines) is 1. The summed E-state index contributed by atoms with van der Waals surface area (Å²) in [5, 5.41) is 2.98. The Hall–Kier alpha value is -3.12. The van der Waals surface area contributed by atoms with Gasteiger partial charge in [0, 0.05) is 35.3 Å². The maximum absolute atomic E-state index is 12.9. The van der Waals surface area contributed by atoms with Gasteiger partial charge in [-0.1, -0.05) is 36.4 Å². The van der Waals surface area contributed by atoms with E-state index in [-0.39, 0.29) is 11.8 Å². The fourth-order valence-electron chi connectivity index (χ4n) is 3.72. The number of carbonyl (C=O) groups is 2. The first-order valence-corrected chi connectivity index (χ1v) is 11.4. The zero-order chi connectivity index (χ0) is 21.5. The normalized spacial score (nSPS) is 15.6. The summed E-state index contributed by atoms with van der Waals surface area (Å²) in [5.74, 6) is 0.737. The molecule has 2 aromatic carbocycles. The summed E-state index contributed by atoms with van der Waals surface area (Å²) in [6, 6.07) is 21.1.